The molecule has 0 spiro atoms. The summed E-state index contributed by atoms with van der Waals surface area (Å²) in [4.78, 5) is 12.0. The molecular weight excluding hydrogens is 324 g/mol. The van der Waals surface area contributed by atoms with Gasteiger partial charge in [0, 0.05) is 18.3 Å². The van der Waals surface area contributed by atoms with Gasteiger partial charge >= 0.3 is 6.03 Å². The van der Waals surface area contributed by atoms with E-state index in [1.807, 2.05) is 6.07 Å². The van der Waals surface area contributed by atoms with Gasteiger partial charge in [0.15, 0.2) is 0 Å². The normalized spacial score (nSPS) is 19.3. The molecule has 3 rings (SSSR count). The molecule has 5 nitrogen and oxygen atoms in total. The van der Waals surface area contributed by atoms with Gasteiger partial charge in [0.1, 0.15) is 0 Å². The Kier molecular flexibility index (Phi) is 6.24. The molecule has 1 aliphatic rings. The molecule has 2 aromatic rings. The lowest BCUT2D eigenvalue weighted by Gasteiger charge is -2.30. The molecule has 1 saturated heterocycles. The standard InChI is InChI=1S/C21H24N4O/c22-13-17-7-4-8-19(12-17)25-21(26)24-15-20-10-9-18(14-23-20)11-16-5-2-1-3-6-16/h1-8,12,18,20,23H,9-11,14-15H2,(H2,24,25,26)/t18-,20-/m0/s1. The molecule has 26 heavy (non-hydrogen) atoms. The first-order valence-electron chi connectivity index (χ1n) is 9.05. The van der Waals surface area contributed by atoms with Crippen LogP contribution in [0.1, 0.15) is 24.0 Å². The molecule has 3 N–H and O–H groups in total. The smallest absolute Gasteiger partial charge is 0.319 e. The van der Waals surface area contributed by atoms with Crippen LogP contribution in [0.5, 0.6) is 0 Å². The third-order valence-electron chi connectivity index (χ3n) is 4.74. The van der Waals surface area contributed by atoms with Crippen molar-refractivity contribution in [1.82, 2.24) is 10.6 Å². The molecule has 2 aromatic carbocycles. The fraction of sp³-hybridized carbons (Fsp3) is 0.333. The average Bonchev–Trinajstić information content (AvgIpc) is 2.68. The van der Waals surface area contributed by atoms with Gasteiger partial charge in [-0.3, -0.25) is 0 Å². The number of nitrogens with one attached hydrogen (secondary N) is 3. The van der Waals surface area contributed by atoms with E-state index in [0.29, 0.717) is 29.8 Å². The summed E-state index contributed by atoms with van der Waals surface area (Å²) in [5.41, 5.74) is 2.54. The Hall–Kier alpha value is -2.84. The Morgan fingerprint density at radius 1 is 1.15 bits per heavy atom. The average molecular weight is 348 g/mol. The van der Waals surface area contributed by atoms with E-state index in [4.69, 9.17) is 5.26 Å². The highest BCUT2D eigenvalue weighted by Gasteiger charge is 2.21. The van der Waals surface area contributed by atoms with E-state index in [9.17, 15) is 4.79 Å². The van der Waals surface area contributed by atoms with Crippen molar-refractivity contribution < 1.29 is 4.79 Å². The van der Waals surface area contributed by atoms with E-state index in [0.717, 1.165) is 19.4 Å². The van der Waals surface area contributed by atoms with Crippen molar-refractivity contribution in [2.45, 2.75) is 25.3 Å². The van der Waals surface area contributed by atoms with Gasteiger partial charge in [-0.2, -0.15) is 5.26 Å². The summed E-state index contributed by atoms with van der Waals surface area (Å²) in [5, 5.41) is 18.1. The lowest BCUT2D eigenvalue weighted by Crippen LogP contribution is -2.47. The summed E-state index contributed by atoms with van der Waals surface area (Å²) >= 11 is 0. The highest BCUT2D eigenvalue weighted by Crippen LogP contribution is 2.19. The fourth-order valence-corrected chi connectivity index (χ4v) is 3.33. The highest BCUT2D eigenvalue weighted by atomic mass is 16.2. The number of anilines is 1. The third kappa shape index (κ3) is 5.33. The second-order valence-electron chi connectivity index (χ2n) is 6.77. The van der Waals surface area contributed by atoms with Crippen LogP contribution in [0, 0.1) is 17.2 Å². The first-order chi connectivity index (χ1) is 12.7. The third-order valence-corrected chi connectivity index (χ3v) is 4.74. The molecule has 0 saturated carbocycles. The first-order valence-corrected chi connectivity index (χ1v) is 9.05. The summed E-state index contributed by atoms with van der Waals surface area (Å²) in [5.74, 6) is 0.649. The molecule has 0 aliphatic carbocycles. The van der Waals surface area contributed by atoms with E-state index in [2.05, 4.69) is 46.3 Å². The molecule has 5 heteroatoms. The topological polar surface area (TPSA) is 77.0 Å². The van der Waals surface area contributed by atoms with Crippen molar-refractivity contribution in [1.29, 1.82) is 5.26 Å². The van der Waals surface area contributed by atoms with Gasteiger partial charge in [0.25, 0.3) is 0 Å². The van der Waals surface area contributed by atoms with Crippen molar-refractivity contribution in [3.63, 3.8) is 0 Å². The molecule has 0 aromatic heterocycles. The molecule has 2 atom stereocenters. The maximum absolute atomic E-state index is 12.0. The Balaban J connectivity index is 1.38. The van der Waals surface area contributed by atoms with E-state index in [-0.39, 0.29) is 6.03 Å². The minimum absolute atomic E-state index is 0.242. The van der Waals surface area contributed by atoms with E-state index < -0.39 is 0 Å². The zero-order chi connectivity index (χ0) is 18.2. The van der Waals surface area contributed by atoms with Crippen LogP contribution in [-0.4, -0.2) is 25.2 Å². The van der Waals surface area contributed by atoms with Crippen LogP contribution in [0.2, 0.25) is 0 Å². The van der Waals surface area contributed by atoms with Gasteiger partial charge in [0.2, 0.25) is 0 Å². The monoisotopic (exact) mass is 348 g/mol. The van der Waals surface area contributed by atoms with Crippen molar-refractivity contribution >= 4 is 11.7 Å². The fourth-order valence-electron chi connectivity index (χ4n) is 3.33. The van der Waals surface area contributed by atoms with Crippen LogP contribution >= 0.6 is 0 Å². The molecule has 1 heterocycles. The predicted octanol–water partition coefficient (Wildman–Crippen LogP) is 3.29. The number of hydrogen-bond acceptors (Lipinski definition) is 3. The second kappa shape index (κ2) is 9.02. The Labute approximate surface area is 154 Å². The maximum atomic E-state index is 12.0. The number of piperidine rings is 1. The minimum atomic E-state index is -0.242. The summed E-state index contributed by atoms with van der Waals surface area (Å²) in [7, 11) is 0. The largest absolute Gasteiger partial charge is 0.336 e. The van der Waals surface area contributed by atoms with Gasteiger partial charge in [-0.15, -0.1) is 0 Å². The lowest BCUT2D eigenvalue weighted by molar-refractivity contribution is 0.247. The van der Waals surface area contributed by atoms with Gasteiger partial charge in [0.05, 0.1) is 11.6 Å². The van der Waals surface area contributed by atoms with Crippen LogP contribution in [0.4, 0.5) is 10.5 Å². The number of urea groups is 1. The number of amides is 2. The van der Waals surface area contributed by atoms with Crippen LogP contribution in [-0.2, 0) is 6.42 Å². The molecule has 2 amide bonds. The summed E-state index contributed by atoms with van der Waals surface area (Å²) in [6, 6.07) is 19.6. The van der Waals surface area contributed by atoms with Crippen molar-refractivity contribution in [3.8, 4) is 6.07 Å². The first kappa shape index (κ1) is 18.0. The van der Waals surface area contributed by atoms with Crippen LogP contribution in [0.15, 0.2) is 54.6 Å². The molecule has 1 fully saturated rings. The number of nitriles is 1. The van der Waals surface area contributed by atoms with E-state index in [1.165, 1.54) is 12.0 Å². The van der Waals surface area contributed by atoms with E-state index >= 15 is 0 Å². The molecule has 134 valence electrons. The zero-order valence-electron chi connectivity index (χ0n) is 14.7. The van der Waals surface area contributed by atoms with Crippen molar-refractivity contribution in [2.75, 3.05) is 18.4 Å². The Morgan fingerprint density at radius 3 is 2.73 bits per heavy atom. The molecule has 0 radical (unpaired) electrons. The molecule has 1 aliphatic heterocycles. The van der Waals surface area contributed by atoms with Crippen molar-refractivity contribution in [3.05, 3.63) is 65.7 Å². The molecule has 0 unspecified atom stereocenters. The van der Waals surface area contributed by atoms with Gasteiger partial charge in [-0.05, 0) is 55.5 Å². The van der Waals surface area contributed by atoms with Crippen LogP contribution in [0.25, 0.3) is 0 Å². The molecule has 0 bridgehead atoms. The van der Waals surface area contributed by atoms with Gasteiger partial charge in [-0.25, -0.2) is 4.79 Å². The SMILES string of the molecule is N#Cc1cccc(NC(=O)NC[C@@H]2CC[C@@H](Cc3ccccc3)CN2)c1. The van der Waals surface area contributed by atoms with Gasteiger partial charge < -0.3 is 16.0 Å². The lowest BCUT2D eigenvalue weighted by atomic mass is 9.89. The summed E-state index contributed by atoms with van der Waals surface area (Å²) in [6.07, 6.45) is 3.32. The van der Waals surface area contributed by atoms with E-state index in [1.54, 1.807) is 24.3 Å². The second-order valence-corrected chi connectivity index (χ2v) is 6.77. The number of nitrogens with zero attached hydrogens (tertiary/aromatic N) is 1. The van der Waals surface area contributed by atoms with Crippen LogP contribution in [0.3, 0.4) is 0 Å². The summed E-state index contributed by atoms with van der Waals surface area (Å²) in [6.45, 7) is 1.58. The number of rotatable bonds is 5. The van der Waals surface area contributed by atoms with Crippen molar-refractivity contribution in [2.24, 2.45) is 5.92 Å². The highest BCUT2D eigenvalue weighted by molar-refractivity contribution is 5.89. The summed E-state index contributed by atoms with van der Waals surface area (Å²) < 4.78 is 0. The quantitative estimate of drug-likeness (QED) is 0.776. The number of carbonyl (C=O) groups is 1. The minimum Gasteiger partial charge on any atom is -0.336 e. The van der Waals surface area contributed by atoms with Gasteiger partial charge in [-0.1, -0.05) is 36.4 Å². The van der Waals surface area contributed by atoms with Crippen LogP contribution < -0.4 is 16.0 Å². The number of benzene rings is 2. The number of hydrogen-bond donors (Lipinski definition) is 3. The Morgan fingerprint density at radius 2 is 2.00 bits per heavy atom. The Bertz CT molecular complexity index is 761. The predicted molar refractivity (Wildman–Crippen MR) is 103 cm³/mol. The molecular formula is C21H24N4O. The maximum Gasteiger partial charge on any atom is 0.319 e. The zero-order valence-corrected chi connectivity index (χ0v) is 14.7. The number of carbonyl (C=O) groups excluding carboxylic acids is 1.